The number of phenolic OH excluding ortho intramolecular Hbond substituents is 1. The van der Waals surface area contributed by atoms with Crippen LogP contribution < -0.4 is 18.9 Å². The van der Waals surface area contributed by atoms with Crippen LogP contribution in [0, 0.1) is 11.8 Å². The Morgan fingerprint density at radius 1 is 1.02 bits per heavy atom. The van der Waals surface area contributed by atoms with Gasteiger partial charge in [0, 0.05) is 11.8 Å². The van der Waals surface area contributed by atoms with Crippen LogP contribution in [0.15, 0.2) is 29.3 Å². The maximum Gasteiger partial charge on any atom is 0.323 e. The Labute approximate surface area is 226 Å². The van der Waals surface area contributed by atoms with Gasteiger partial charge in [-0.2, -0.15) is 0 Å². The molecule has 2 N–H and O–H groups in total. The zero-order valence-electron chi connectivity index (χ0n) is 21.4. The summed E-state index contributed by atoms with van der Waals surface area (Å²) < 4.78 is 27.5. The number of cyclic esters (lactones) is 1. The molecule has 4 aliphatic rings. The maximum atomic E-state index is 13.3. The summed E-state index contributed by atoms with van der Waals surface area (Å²) in [6.45, 7) is -0.769. The van der Waals surface area contributed by atoms with Crippen LogP contribution in [0.5, 0.6) is 28.7 Å². The van der Waals surface area contributed by atoms with Gasteiger partial charge in [0.15, 0.2) is 23.0 Å². The monoisotopic (exact) mass is 552 g/mol. The number of nitrogens with zero attached hydrogens (tertiary/aromatic N) is 2. The molecule has 13 heteroatoms. The van der Waals surface area contributed by atoms with Crippen molar-refractivity contribution >= 4 is 29.5 Å². The Morgan fingerprint density at radius 2 is 1.68 bits per heavy atom. The molecule has 0 saturated carbocycles. The second-order valence-electron chi connectivity index (χ2n) is 9.78. The minimum absolute atomic E-state index is 0.00264. The summed E-state index contributed by atoms with van der Waals surface area (Å²) in [7, 11) is 2.80. The third-order valence-electron chi connectivity index (χ3n) is 7.71. The SMILES string of the molecule is COc1cc([C@@H]2c3cc4c(cc3[C@@H](N=C3CC(=O)N(CC(=O)O)C3=O)[C@H]3COC(=O)[C@H]23)OCO4)cc(OC)c1O. The molecule has 2 amide bonds. The van der Waals surface area contributed by atoms with Crippen LogP contribution in [0.3, 0.4) is 0 Å². The third-order valence-corrected chi connectivity index (χ3v) is 7.71. The fourth-order valence-corrected chi connectivity index (χ4v) is 5.94. The molecule has 1 aliphatic carbocycles. The standard InChI is InChI=1S/C27H24N2O11/c1-36-18-3-11(4-19(37-2)25(18)33)22-12-5-16-17(40-10-39-16)6-13(12)24(14-9-38-27(35)23(14)22)28-15-7-20(30)29(26(15)34)8-21(31)32/h3-6,14,22-24,33H,7-10H2,1-2H3,(H,31,32)/t14-,22+,23-,24+/m0/s1. The Morgan fingerprint density at radius 3 is 2.30 bits per heavy atom. The molecule has 0 radical (unpaired) electrons. The van der Waals surface area contributed by atoms with Crippen molar-refractivity contribution in [1.29, 1.82) is 0 Å². The van der Waals surface area contributed by atoms with Crippen LogP contribution in [-0.4, -0.2) is 78.7 Å². The molecule has 0 spiro atoms. The number of ether oxygens (including phenoxy) is 5. The van der Waals surface area contributed by atoms with E-state index in [-0.39, 0.29) is 42.8 Å². The molecule has 0 aromatic heterocycles. The molecule has 2 aromatic carbocycles. The first kappa shape index (κ1) is 25.5. The van der Waals surface area contributed by atoms with E-state index < -0.39 is 54.1 Å². The first-order valence-electron chi connectivity index (χ1n) is 12.4. The molecule has 4 atom stereocenters. The van der Waals surface area contributed by atoms with Crippen LogP contribution in [0.25, 0.3) is 0 Å². The number of likely N-dealkylation sites (tertiary alicyclic amines) is 1. The number of aliphatic imine (C=N–C) groups is 1. The molecule has 0 unspecified atom stereocenters. The van der Waals surface area contributed by atoms with Crippen molar-refractivity contribution in [3.8, 4) is 28.7 Å². The van der Waals surface area contributed by atoms with Gasteiger partial charge in [-0.25, -0.2) is 0 Å². The summed E-state index contributed by atoms with van der Waals surface area (Å²) in [5.74, 6) is -4.14. The summed E-state index contributed by atoms with van der Waals surface area (Å²) in [6.07, 6.45) is -0.357. The average molecular weight is 552 g/mol. The van der Waals surface area contributed by atoms with E-state index in [0.29, 0.717) is 33.1 Å². The van der Waals surface area contributed by atoms with Crippen molar-refractivity contribution in [3.05, 3.63) is 41.0 Å². The number of carbonyl (C=O) groups is 4. The molecule has 0 bridgehead atoms. The van der Waals surface area contributed by atoms with E-state index in [1.807, 2.05) is 0 Å². The first-order chi connectivity index (χ1) is 19.2. The van der Waals surface area contributed by atoms with E-state index >= 15 is 0 Å². The van der Waals surface area contributed by atoms with Crippen LogP contribution >= 0.6 is 0 Å². The minimum Gasteiger partial charge on any atom is -0.502 e. The number of aliphatic carboxylic acids is 1. The van der Waals surface area contributed by atoms with E-state index in [1.165, 1.54) is 14.2 Å². The number of hydrogen-bond donors (Lipinski definition) is 2. The van der Waals surface area contributed by atoms with Crippen LogP contribution in [-0.2, 0) is 23.9 Å². The quantitative estimate of drug-likeness (QED) is 0.392. The molecular weight excluding hydrogens is 528 g/mol. The number of carbonyl (C=O) groups excluding carboxylic acids is 3. The molecular formula is C27H24N2O11. The van der Waals surface area contributed by atoms with E-state index in [4.69, 9.17) is 28.8 Å². The Balaban J connectivity index is 1.53. The summed E-state index contributed by atoms with van der Waals surface area (Å²) in [5, 5.41) is 19.6. The van der Waals surface area contributed by atoms with E-state index in [9.17, 15) is 24.3 Å². The van der Waals surface area contributed by atoms with Gasteiger partial charge in [0.1, 0.15) is 12.3 Å². The molecule has 3 aliphatic heterocycles. The highest BCUT2D eigenvalue weighted by molar-refractivity contribution is 6.49. The predicted octanol–water partition coefficient (Wildman–Crippen LogP) is 1.40. The fraction of sp³-hybridized carbons (Fsp3) is 0.370. The van der Waals surface area contributed by atoms with Crippen LogP contribution in [0.2, 0.25) is 0 Å². The normalized spacial score (nSPS) is 25.6. The van der Waals surface area contributed by atoms with E-state index in [1.54, 1.807) is 24.3 Å². The lowest BCUT2D eigenvalue weighted by Crippen LogP contribution is -2.36. The number of hydrogen-bond acceptors (Lipinski definition) is 11. The Kier molecular flexibility index (Phi) is 6.01. The summed E-state index contributed by atoms with van der Waals surface area (Å²) in [4.78, 5) is 55.2. The van der Waals surface area contributed by atoms with E-state index in [0.717, 1.165) is 0 Å². The number of aromatic hydroxyl groups is 1. The van der Waals surface area contributed by atoms with Gasteiger partial charge in [0.25, 0.3) is 5.91 Å². The third kappa shape index (κ3) is 3.88. The molecule has 2 aromatic rings. The predicted molar refractivity (Wildman–Crippen MR) is 133 cm³/mol. The molecule has 3 heterocycles. The van der Waals surface area contributed by atoms with Gasteiger partial charge < -0.3 is 33.9 Å². The van der Waals surface area contributed by atoms with Crippen molar-refractivity contribution < 1.29 is 53.1 Å². The highest BCUT2D eigenvalue weighted by Crippen LogP contribution is 2.56. The highest BCUT2D eigenvalue weighted by Gasteiger charge is 2.53. The summed E-state index contributed by atoms with van der Waals surface area (Å²) in [6, 6.07) is 5.95. The number of imide groups is 1. The summed E-state index contributed by atoms with van der Waals surface area (Å²) in [5.41, 5.74) is 1.78. The van der Waals surface area contributed by atoms with Gasteiger partial charge >= 0.3 is 11.9 Å². The van der Waals surface area contributed by atoms with E-state index in [2.05, 4.69) is 4.99 Å². The number of amides is 2. The zero-order valence-corrected chi connectivity index (χ0v) is 21.4. The lowest BCUT2D eigenvalue weighted by molar-refractivity contribution is -0.147. The molecule has 13 nitrogen and oxygen atoms in total. The van der Waals surface area contributed by atoms with Gasteiger partial charge in [0.2, 0.25) is 18.4 Å². The maximum absolute atomic E-state index is 13.3. The Hall–Kier alpha value is -4.81. The molecule has 40 heavy (non-hydrogen) atoms. The average Bonchev–Trinajstić information content (AvgIpc) is 3.62. The molecule has 2 saturated heterocycles. The zero-order chi connectivity index (χ0) is 28.3. The first-order valence-corrected chi connectivity index (χ1v) is 12.4. The van der Waals surface area contributed by atoms with Gasteiger partial charge in [-0.15, -0.1) is 0 Å². The molecule has 6 rings (SSSR count). The summed E-state index contributed by atoms with van der Waals surface area (Å²) >= 11 is 0. The number of methoxy groups -OCH3 is 2. The number of phenols is 1. The van der Waals surface area contributed by atoms with Gasteiger partial charge in [-0.1, -0.05) is 0 Å². The van der Waals surface area contributed by atoms with Crippen molar-refractivity contribution in [1.82, 2.24) is 4.90 Å². The largest absolute Gasteiger partial charge is 0.502 e. The number of benzene rings is 2. The van der Waals surface area contributed by atoms with Crippen molar-refractivity contribution in [2.24, 2.45) is 16.8 Å². The van der Waals surface area contributed by atoms with Crippen molar-refractivity contribution in [2.45, 2.75) is 18.4 Å². The van der Waals surface area contributed by atoms with Crippen LogP contribution in [0.1, 0.15) is 35.1 Å². The minimum atomic E-state index is -1.32. The smallest absolute Gasteiger partial charge is 0.323 e. The number of esters is 1. The lowest BCUT2D eigenvalue weighted by Gasteiger charge is -2.37. The van der Waals surface area contributed by atoms with Crippen molar-refractivity contribution in [2.75, 3.05) is 34.2 Å². The van der Waals surface area contributed by atoms with Crippen molar-refractivity contribution in [3.63, 3.8) is 0 Å². The lowest BCUT2D eigenvalue weighted by atomic mass is 9.65. The second kappa shape index (κ2) is 9.43. The second-order valence-corrected chi connectivity index (χ2v) is 9.78. The topological polar surface area (TPSA) is 170 Å². The van der Waals surface area contributed by atoms with Gasteiger partial charge in [-0.3, -0.25) is 29.1 Å². The van der Waals surface area contributed by atoms with Gasteiger partial charge in [-0.05, 0) is 41.0 Å². The highest BCUT2D eigenvalue weighted by atomic mass is 16.7. The fourth-order valence-electron chi connectivity index (χ4n) is 5.94. The Bertz CT molecular complexity index is 1470. The number of fused-ring (bicyclic) bond motifs is 3. The number of carboxylic acid groups (broad SMARTS) is 1. The number of rotatable bonds is 6. The van der Waals surface area contributed by atoms with Crippen LogP contribution in [0.4, 0.5) is 0 Å². The number of carboxylic acids is 1. The molecule has 208 valence electrons. The molecule has 2 fully saturated rings. The van der Waals surface area contributed by atoms with Gasteiger partial charge in [0.05, 0.1) is 39.2 Å².